The number of benzene rings is 1. The lowest BCUT2D eigenvalue weighted by atomic mass is 10.2. The van der Waals surface area contributed by atoms with Crippen molar-refractivity contribution in [2.24, 2.45) is 0 Å². The molecule has 0 radical (unpaired) electrons. The molecule has 8 nitrogen and oxygen atoms in total. The van der Waals surface area contributed by atoms with Gasteiger partial charge in [0.25, 0.3) is 5.91 Å². The number of nitrogens with zero attached hydrogens (tertiary/aromatic N) is 2. The number of rotatable bonds is 6. The highest BCUT2D eigenvalue weighted by Gasteiger charge is 2.26. The fraction of sp³-hybridized carbons (Fsp3) is 0.389. The van der Waals surface area contributed by atoms with Gasteiger partial charge in [0, 0.05) is 18.7 Å². The van der Waals surface area contributed by atoms with Crippen molar-refractivity contribution in [3.05, 3.63) is 40.9 Å². The molecule has 3 rings (SSSR count). The van der Waals surface area contributed by atoms with Gasteiger partial charge in [-0.25, -0.2) is 18.2 Å². The molecule has 1 aliphatic rings. The van der Waals surface area contributed by atoms with Crippen molar-refractivity contribution in [1.29, 1.82) is 0 Å². The Morgan fingerprint density at radius 1 is 1.18 bits per heavy atom. The summed E-state index contributed by atoms with van der Waals surface area (Å²) in [7, 11) is -3.54. The Labute approximate surface area is 167 Å². The van der Waals surface area contributed by atoms with Crippen LogP contribution in [-0.2, 0) is 14.8 Å². The minimum absolute atomic E-state index is 0.171. The lowest BCUT2D eigenvalue weighted by molar-refractivity contribution is 0.0531. The number of hydrogen-bond acceptors (Lipinski definition) is 7. The van der Waals surface area contributed by atoms with Gasteiger partial charge in [-0.15, -0.1) is 0 Å². The second-order valence-electron chi connectivity index (χ2n) is 6.19. The third kappa shape index (κ3) is 4.57. The quantitative estimate of drug-likeness (QED) is 0.716. The van der Waals surface area contributed by atoms with Crippen molar-refractivity contribution in [3.8, 4) is 0 Å². The predicted molar refractivity (Wildman–Crippen MR) is 105 cm³/mol. The van der Waals surface area contributed by atoms with E-state index in [4.69, 9.17) is 4.74 Å². The van der Waals surface area contributed by atoms with Gasteiger partial charge in [-0.05, 0) is 44.0 Å². The van der Waals surface area contributed by atoms with E-state index in [0.29, 0.717) is 23.5 Å². The first-order valence-corrected chi connectivity index (χ1v) is 11.2. The number of thiazole rings is 1. The summed E-state index contributed by atoms with van der Waals surface area (Å²) in [5.74, 6) is -0.931. The Bertz CT molecular complexity index is 948. The van der Waals surface area contributed by atoms with E-state index in [-0.39, 0.29) is 16.6 Å². The number of amides is 1. The zero-order chi connectivity index (χ0) is 20.1. The molecule has 2 heterocycles. The zero-order valence-corrected chi connectivity index (χ0v) is 17.0. The molecule has 28 heavy (non-hydrogen) atoms. The minimum Gasteiger partial charge on any atom is -0.462 e. The lowest BCUT2D eigenvalue weighted by Gasteiger charge is -2.25. The Morgan fingerprint density at radius 2 is 1.86 bits per heavy atom. The van der Waals surface area contributed by atoms with Crippen LogP contribution in [0, 0.1) is 0 Å². The van der Waals surface area contributed by atoms with Crippen LogP contribution in [-0.4, -0.2) is 49.3 Å². The van der Waals surface area contributed by atoms with Crippen LogP contribution in [0.3, 0.4) is 0 Å². The van der Waals surface area contributed by atoms with E-state index in [1.165, 1.54) is 34.8 Å². The first-order chi connectivity index (χ1) is 13.4. The normalized spacial score (nSPS) is 15.2. The topological polar surface area (TPSA) is 106 Å². The molecule has 0 saturated carbocycles. The summed E-state index contributed by atoms with van der Waals surface area (Å²) in [6.45, 7) is 3.01. The number of sulfonamides is 1. The van der Waals surface area contributed by atoms with Gasteiger partial charge in [-0.3, -0.25) is 10.1 Å². The zero-order valence-electron chi connectivity index (χ0n) is 15.4. The van der Waals surface area contributed by atoms with Crippen LogP contribution < -0.4 is 5.32 Å². The Hall–Kier alpha value is -2.30. The van der Waals surface area contributed by atoms with E-state index in [2.05, 4.69) is 10.3 Å². The summed E-state index contributed by atoms with van der Waals surface area (Å²) in [6.07, 6.45) is 4.11. The van der Waals surface area contributed by atoms with Crippen LogP contribution in [0.5, 0.6) is 0 Å². The van der Waals surface area contributed by atoms with Crippen LogP contribution in [0.2, 0.25) is 0 Å². The van der Waals surface area contributed by atoms with Gasteiger partial charge in [0.2, 0.25) is 10.0 Å². The summed E-state index contributed by atoms with van der Waals surface area (Å²) in [5.41, 5.74) is 0.297. The molecule has 1 amide bonds. The van der Waals surface area contributed by atoms with Crippen molar-refractivity contribution >= 4 is 38.4 Å². The van der Waals surface area contributed by atoms with E-state index >= 15 is 0 Å². The highest BCUT2D eigenvalue weighted by molar-refractivity contribution is 7.89. The number of anilines is 1. The summed E-state index contributed by atoms with van der Waals surface area (Å²) in [5, 5.41) is 2.86. The third-order valence-electron chi connectivity index (χ3n) is 4.27. The molecule has 1 N–H and O–H groups in total. The van der Waals surface area contributed by atoms with Crippen LogP contribution in [0.4, 0.5) is 5.13 Å². The smallest absolute Gasteiger partial charge is 0.350 e. The van der Waals surface area contributed by atoms with Crippen LogP contribution >= 0.6 is 11.3 Å². The monoisotopic (exact) mass is 423 g/mol. The maximum Gasteiger partial charge on any atom is 0.350 e. The maximum absolute atomic E-state index is 12.7. The van der Waals surface area contributed by atoms with Crippen molar-refractivity contribution < 1.29 is 22.7 Å². The van der Waals surface area contributed by atoms with Crippen LogP contribution in [0.25, 0.3) is 0 Å². The maximum atomic E-state index is 12.7. The molecule has 0 aliphatic carbocycles. The second kappa shape index (κ2) is 8.80. The van der Waals surface area contributed by atoms with Crippen LogP contribution in [0.1, 0.15) is 46.2 Å². The molecule has 150 valence electrons. The molecule has 1 aromatic heterocycles. The molecule has 10 heteroatoms. The fourth-order valence-electron chi connectivity index (χ4n) is 2.83. The summed E-state index contributed by atoms with van der Waals surface area (Å²) < 4.78 is 31.7. The SMILES string of the molecule is CCOC(=O)c1cnc(NC(=O)c2ccc(S(=O)(=O)N3CCCCC3)cc2)s1. The molecule has 2 aromatic rings. The molecule has 1 aliphatic heterocycles. The molecular weight excluding hydrogens is 402 g/mol. The molecule has 1 fully saturated rings. The number of hydrogen-bond donors (Lipinski definition) is 1. The molecule has 0 bridgehead atoms. The third-order valence-corrected chi connectivity index (χ3v) is 7.08. The van der Waals surface area contributed by atoms with Crippen molar-refractivity contribution in [3.63, 3.8) is 0 Å². The largest absolute Gasteiger partial charge is 0.462 e. The van der Waals surface area contributed by atoms with E-state index in [9.17, 15) is 18.0 Å². The highest BCUT2D eigenvalue weighted by Crippen LogP contribution is 2.22. The van der Waals surface area contributed by atoms with Crippen molar-refractivity contribution in [2.75, 3.05) is 25.0 Å². The molecule has 0 unspecified atom stereocenters. The van der Waals surface area contributed by atoms with Gasteiger partial charge >= 0.3 is 5.97 Å². The van der Waals surface area contributed by atoms with Gasteiger partial charge in [0.15, 0.2) is 5.13 Å². The van der Waals surface area contributed by atoms with Gasteiger partial charge in [0.1, 0.15) is 4.88 Å². The van der Waals surface area contributed by atoms with Gasteiger partial charge < -0.3 is 4.74 Å². The lowest BCUT2D eigenvalue weighted by Crippen LogP contribution is -2.35. The number of esters is 1. The summed E-state index contributed by atoms with van der Waals surface area (Å²) in [4.78, 5) is 28.5. The Kier molecular flexibility index (Phi) is 6.42. The molecule has 0 spiro atoms. The number of carbonyl (C=O) groups is 2. The van der Waals surface area contributed by atoms with E-state index in [0.717, 1.165) is 30.6 Å². The first-order valence-electron chi connectivity index (χ1n) is 8.96. The molecule has 0 atom stereocenters. The summed E-state index contributed by atoms with van der Waals surface area (Å²) in [6, 6.07) is 5.80. The van der Waals surface area contributed by atoms with Gasteiger partial charge in [0.05, 0.1) is 17.7 Å². The average Bonchev–Trinajstić information content (AvgIpc) is 3.17. The average molecular weight is 424 g/mol. The molecular formula is C18H21N3O5S2. The minimum atomic E-state index is -3.54. The number of piperidine rings is 1. The number of nitrogens with one attached hydrogen (secondary N) is 1. The van der Waals surface area contributed by atoms with Gasteiger partial charge in [-0.1, -0.05) is 17.8 Å². The number of ether oxygens (including phenoxy) is 1. The van der Waals surface area contributed by atoms with Gasteiger partial charge in [-0.2, -0.15) is 4.31 Å². The van der Waals surface area contributed by atoms with Crippen molar-refractivity contribution in [2.45, 2.75) is 31.1 Å². The first kappa shape index (κ1) is 20.4. The predicted octanol–water partition coefficient (Wildman–Crippen LogP) is 2.75. The molecule has 1 aromatic carbocycles. The van der Waals surface area contributed by atoms with Crippen molar-refractivity contribution in [1.82, 2.24) is 9.29 Å². The number of carbonyl (C=O) groups excluding carboxylic acids is 2. The molecule has 1 saturated heterocycles. The van der Waals surface area contributed by atoms with E-state index in [1.54, 1.807) is 6.92 Å². The Balaban J connectivity index is 1.68. The van der Waals surface area contributed by atoms with E-state index in [1.807, 2.05) is 0 Å². The Morgan fingerprint density at radius 3 is 2.50 bits per heavy atom. The highest BCUT2D eigenvalue weighted by atomic mass is 32.2. The fourth-order valence-corrected chi connectivity index (χ4v) is 5.05. The standard InChI is InChI=1S/C18H21N3O5S2/c1-2-26-17(23)15-12-19-18(27-15)20-16(22)13-6-8-14(9-7-13)28(24,25)21-10-4-3-5-11-21/h6-9,12H,2-5,10-11H2,1H3,(H,19,20,22). The number of aromatic nitrogens is 1. The van der Waals surface area contributed by atoms with Crippen LogP contribution in [0.15, 0.2) is 35.4 Å². The van der Waals surface area contributed by atoms with E-state index < -0.39 is 21.9 Å². The summed E-state index contributed by atoms with van der Waals surface area (Å²) >= 11 is 1.01. The second-order valence-corrected chi connectivity index (χ2v) is 9.16.